The van der Waals surface area contributed by atoms with Gasteiger partial charge in [0.25, 0.3) is 0 Å². The summed E-state index contributed by atoms with van der Waals surface area (Å²) in [4.78, 5) is 11.5. The van der Waals surface area contributed by atoms with Crippen LogP contribution >= 0.6 is 0 Å². The highest BCUT2D eigenvalue weighted by molar-refractivity contribution is 5.76. The number of anilines is 1. The van der Waals surface area contributed by atoms with E-state index in [0.717, 1.165) is 0 Å². The molecular weight excluding hydrogens is 244 g/mol. The maximum atomic E-state index is 11.5. The predicted molar refractivity (Wildman–Crippen MR) is 75.1 cm³/mol. The van der Waals surface area contributed by atoms with E-state index < -0.39 is 0 Å². The van der Waals surface area contributed by atoms with Crippen molar-refractivity contribution in [3.8, 4) is 5.75 Å². The van der Waals surface area contributed by atoms with Gasteiger partial charge in [-0.3, -0.25) is 4.79 Å². The fourth-order valence-electron chi connectivity index (χ4n) is 1.56. The molecule has 0 bridgehead atoms. The number of benzene rings is 1. The van der Waals surface area contributed by atoms with Gasteiger partial charge in [-0.2, -0.15) is 0 Å². The summed E-state index contributed by atoms with van der Waals surface area (Å²) in [5.74, 6) is 0.631. The third kappa shape index (κ3) is 6.67. The minimum atomic E-state index is -0.0459. The quantitative estimate of drug-likeness (QED) is 0.701. The average molecular weight is 266 g/mol. The summed E-state index contributed by atoms with van der Waals surface area (Å²) < 4.78 is 10.8. The number of nitrogen functional groups attached to an aromatic ring is 1. The zero-order chi connectivity index (χ0) is 14.1. The van der Waals surface area contributed by atoms with Gasteiger partial charge in [-0.25, -0.2) is 0 Å². The Balaban J connectivity index is 2.17. The zero-order valence-electron chi connectivity index (χ0n) is 11.5. The molecule has 0 heterocycles. The highest BCUT2D eigenvalue weighted by atomic mass is 16.5. The number of carbonyl (C=O) groups excluding carboxylic acids is 1. The Morgan fingerprint density at radius 3 is 2.95 bits per heavy atom. The molecule has 0 aliphatic carbocycles. The van der Waals surface area contributed by atoms with Gasteiger partial charge >= 0.3 is 0 Å². The molecule has 19 heavy (non-hydrogen) atoms. The number of nitrogens with two attached hydrogens (primary N) is 1. The largest absolute Gasteiger partial charge is 0.493 e. The van der Waals surface area contributed by atoms with E-state index in [0.29, 0.717) is 37.6 Å². The van der Waals surface area contributed by atoms with Crippen LogP contribution in [-0.2, 0) is 9.53 Å². The summed E-state index contributed by atoms with van der Waals surface area (Å²) in [5, 5.41) is 2.80. The molecule has 1 atom stereocenters. The minimum Gasteiger partial charge on any atom is -0.493 e. The maximum Gasteiger partial charge on any atom is 0.223 e. The van der Waals surface area contributed by atoms with Crippen molar-refractivity contribution >= 4 is 11.6 Å². The highest BCUT2D eigenvalue weighted by Crippen LogP contribution is 2.14. The summed E-state index contributed by atoms with van der Waals surface area (Å²) in [7, 11) is 0. The molecule has 1 amide bonds. The summed E-state index contributed by atoms with van der Waals surface area (Å²) in [6, 6.07) is 7.14. The molecule has 1 aromatic carbocycles. The lowest BCUT2D eigenvalue weighted by molar-refractivity contribution is -0.122. The van der Waals surface area contributed by atoms with Crippen LogP contribution in [0.2, 0.25) is 0 Å². The molecule has 1 unspecified atom stereocenters. The van der Waals surface area contributed by atoms with Gasteiger partial charge in [-0.1, -0.05) is 6.07 Å². The van der Waals surface area contributed by atoms with Crippen molar-refractivity contribution < 1.29 is 14.3 Å². The molecule has 0 aliphatic heterocycles. The maximum absolute atomic E-state index is 11.5. The second-order valence-electron chi connectivity index (χ2n) is 4.24. The first kappa shape index (κ1) is 15.3. The summed E-state index contributed by atoms with van der Waals surface area (Å²) >= 11 is 0. The van der Waals surface area contributed by atoms with Gasteiger partial charge in [0, 0.05) is 24.9 Å². The van der Waals surface area contributed by atoms with E-state index in [1.165, 1.54) is 0 Å². The SMILES string of the molecule is CCOC(C)CNC(=O)CCOc1cccc(N)c1. The Morgan fingerprint density at radius 1 is 1.47 bits per heavy atom. The van der Waals surface area contributed by atoms with E-state index in [9.17, 15) is 4.79 Å². The Kier molecular flexibility index (Phi) is 6.74. The molecule has 0 fully saturated rings. The first-order valence-electron chi connectivity index (χ1n) is 6.48. The topological polar surface area (TPSA) is 73.6 Å². The third-order valence-electron chi connectivity index (χ3n) is 2.49. The van der Waals surface area contributed by atoms with Gasteiger partial charge in [0.2, 0.25) is 5.91 Å². The molecule has 106 valence electrons. The Labute approximate surface area is 114 Å². The smallest absolute Gasteiger partial charge is 0.223 e. The molecule has 0 radical (unpaired) electrons. The van der Waals surface area contributed by atoms with Crippen LogP contribution in [0.5, 0.6) is 5.75 Å². The molecular formula is C14H22N2O3. The van der Waals surface area contributed by atoms with Crippen LogP contribution < -0.4 is 15.8 Å². The van der Waals surface area contributed by atoms with Crippen molar-refractivity contribution in [2.24, 2.45) is 0 Å². The lowest BCUT2D eigenvalue weighted by Crippen LogP contribution is -2.32. The molecule has 5 nitrogen and oxygen atoms in total. The Morgan fingerprint density at radius 2 is 2.26 bits per heavy atom. The van der Waals surface area contributed by atoms with Crippen molar-refractivity contribution in [3.63, 3.8) is 0 Å². The van der Waals surface area contributed by atoms with Crippen molar-refractivity contribution in [3.05, 3.63) is 24.3 Å². The van der Waals surface area contributed by atoms with Gasteiger partial charge in [0.1, 0.15) is 5.75 Å². The molecule has 1 rings (SSSR count). The number of rotatable bonds is 8. The zero-order valence-corrected chi connectivity index (χ0v) is 11.5. The highest BCUT2D eigenvalue weighted by Gasteiger charge is 2.05. The second-order valence-corrected chi connectivity index (χ2v) is 4.24. The van der Waals surface area contributed by atoms with Gasteiger partial charge in [0.15, 0.2) is 0 Å². The third-order valence-corrected chi connectivity index (χ3v) is 2.49. The number of amides is 1. The number of hydrogen-bond donors (Lipinski definition) is 2. The van der Waals surface area contributed by atoms with Crippen molar-refractivity contribution in [2.75, 3.05) is 25.5 Å². The minimum absolute atomic E-state index is 0.0313. The number of ether oxygens (including phenoxy) is 2. The van der Waals surface area contributed by atoms with Crippen LogP contribution in [0, 0.1) is 0 Å². The number of nitrogens with one attached hydrogen (secondary N) is 1. The van der Waals surface area contributed by atoms with Crippen LogP contribution in [0.3, 0.4) is 0 Å². The normalized spacial score (nSPS) is 11.9. The van der Waals surface area contributed by atoms with Crippen molar-refractivity contribution in [1.82, 2.24) is 5.32 Å². The molecule has 0 aliphatic rings. The summed E-state index contributed by atoms with van der Waals surface area (Å²) in [6.45, 7) is 5.35. The summed E-state index contributed by atoms with van der Waals surface area (Å²) in [5.41, 5.74) is 6.27. The van der Waals surface area contributed by atoms with Gasteiger partial charge in [0.05, 0.1) is 19.1 Å². The van der Waals surface area contributed by atoms with E-state index in [1.54, 1.807) is 12.1 Å². The molecule has 1 aromatic rings. The number of carbonyl (C=O) groups is 1. The van der Waals surface area contributed by atoms with E-state index in [2.05, 4.69) is 5.32 Å². The number of hydrogen-bond acceptors (Lipinski definition) is 4. The first-order valence-corrected chi connectivity index (χ1v) is 6.48. The standard InChI is InChI=1S/C14H22N2O3/c1-3-18-11(2)10-16-14(17)7-8-19-13-6-4-5-12(15)9-13/h4-6,9,11H,3,7-8,10,15H2,1-2H3,(H,16,17). The van der Waals surface area contributed by atoms with Gasteiger partial charge in [-0.15, -0.1) is 0 Å². The van der Waals surface area contributed by atoms with Crippen LogP contribution in [0.4, 0.5) is 5.69 Å². The molecule has 0 saturated carbocycles. The second kappa shape index (κ2) is 8.37. The van der Waals surface area contributed by atoms with Gasteiger partial charge in [-0.05, 0) is 26.0 Å². The first-order chi connectivity index (χ1) is 9.11. The van der Waals surface area contributed by atoms with E-state index in [-0.39, 0.29) is 12.0 Å². The molecule has 0 spiro atoms. The predicted octanol–water partition coefficient (Wildman–Crippen LogP) is 1.58. The monoisotopic (exact) mass is 266 g/mol. The average Bonchev–Trinajstić information content (AvgIpc) is 2.37. The molecule has 0 saturated heterocycles. The van der Waals surface area contributed by atoms with E-state index >= 15 is 0 Å². The lowest BCUT2D eigenvalue weighted by atomic mass is 10.3. The van der Waals surface area contributed by atoms with Gasteiger partial charge < -0.3 is 20.5 Å². The fourth-order valence-corrected chi connectivity index (χ4v) is 1.56. The lowest BCUT2D eigenvalue weighted by Gasteiger charge is -2.12. The van der Waals surface area contributed by atoms with Crippen LogP contribution in [0.25, 0.3) is 0 Å². The van der Waals surface area contributed by atoms with Crippen LogP contribution in [0.15, 0.2) is 24.3 Å². The van der Waals surface area contributed by atoms with Crippen LogP contribution in [0.1, 0.15) is 20.3 Å². The molecule has 5 heteroatoms. The van der Waals surface area contributed by atoms with E-state index in [1.807, 2.05) is 26.0 Å². The van der Waals surface area contributed by atoms with Crippen molar-refractivity contribution in [2.45, 2.75) is 26.4 Å². The van der Waals surface area contributed by atoms with E-state index in [4.69, 9.17) is 15.2 Å². The fraction of sp³-hybridized carbons (Fsp3) is 0.500. The Hall–Kier alpha value is -1.75. The molecule has 0 aromatic heterocycles. The van der Waals surface area contributed by atoms with Crippen LogP contribution in [-0.4, -0.2) is 31.8 Å². The Bertz CT molecular complexity index is 396. The molecule has 3 N–H and O–H groups in total. The van der Waals surface area contributed by atoms with Crippen molar-refractivity contribution in [1.29, 1.82) is 0 Å². The summed E-state index contributed by atoms with van der Waals surface area (Å²) in [6.07, 6.45) is 0.344.